The van der Waals surface area contributed by atoms with Crippen LogP contribution >= 0.6 is 0 Å². The molecule has 0 bridgehead atoms. The average Bonchev–Trinajstić information content (AvgIpc) is 0.760. The van der Waals surface area contributed by atoms with E-state index < -0.39 is 470 Å². The first-order valence-corrected chi connectivity index (χ1v) is 47.9. The Kier molecular flexibility index (Phi) is 43.8. The van der Waals surface area contributed by atoms with E-state index in [0.29, 0.717) is 0 Å². The van der Waals surface area contributed by atoms with Crippen LogP contribution in [0.5, 0.6) is 0 Å². The van der Waals surface area contributed by atoms with Gasteiger partial charge in [-0.25, -0.2) is 0 Å². The fourth-order valence-corrected chi connectivity index (χ4v) is 19.5. The predicted octanol–water partition coefficient (Wildman–Crippen LogP) is -24.2. The number of aliphatic hydroxyl groups is 30. The number of hydrogen-bond acceptors (Lipinski definition) is 59. The highest BCUT2D eigenvalue weighted by Crippen LogP contribution is 2.43. The molecule has 12 heterocycles. The number of carbonyl (C=O) groups is 6. The van der Waals surface area contributed by atoms with Gasteiger partial charge in [0.1, 0.15) is 280 Å². The van der Waals surface area contributed by atoms with Crippen molar-refractivity contribution in [2.24, 2.45) is 0 Å². The van der Waals surface area contributed by atoms with Crippen molar-refractivity contribution in [3.63, 3.8) is 0 Å². The van der Waals surface area contributed by atoms with Crippen LogP contribution in [-0.4, -0.2) is 623 Å². The van der Waals surface area contributed by atoms with E-state index in [9.17, 15) is 182 Å². The van der Waals surface area contributed by atoms with Crippen molar-refractivity contribution in [3.8, 4) is 0 Å². The zero-order chi connectivity index (χ0) is 110. The maximum atomic E-state index is 13.5. The van der Waals surface area contributed by atoms with Gasteiger partial charge in [-0.15, -0.1) is 0 Å². The molecule has 12 aliphatic rings. The van der Waals surface area contributed by atoms with E-state index in [4.69, 9.17) is 109 Å². The quantitative estimate of drug-likeness (QED) is 0.0273. The molecule has 36 N–H and O–H groups in total. The molecule has 149 heavy (non-hydrogen) atoms. The zero-order valence-electron chi connectivity index (χ0n) is 81.0. The second-order valence-electron chi connectivity index (χ2n) is 38.1. The van der Waals surface area contributed by atoms with Gasteiger partial charge in [0.2, 0.25) is 35.4 Å². The number of rotatable bonds is 38. The molecule has 0 spiro atoms. The molecule has 860 valence electrons. The molecule has 65 heteroatoms. The van der Waals surface area contributed by atoms with Crippen molar-refractivity contribution in [2.75, 3.05) is 66.1 Å². The number of ether oxygens (including phenoxy) is 23. The Bertz CT molecular complexity index is 4230. The summed E-state index contributed by atoms with van der Waals surface area (Å²) < 4.78 is 138. The number of amides is 6. The van der Waals surface area contributed by atoms with Crippen LogP contribution in [0.3, 0.4) is 0 Å². The van der Waals surface area contributed by atoms with Crippen LogP contribution in [0.1, 0.15) is 55.4 Å². The van der Waals surface area contributed by atoms with Gasteiger partial charge in [0.15, 0.2) is 75.5 Å². The lowest BCUT2D eigenvalue weighted by atomic mass is 9.93. The first kappa shape index (κ1) is 122. The summed E-state index contributed by atoms with van der Waals surface area (Å²) in [5.74, 6) is -5.71. The molecule has 0 aromatic carbocycles. The Morgan fingerprint density at radius 3 is 0.805 bits per heavy atom. The lowest BCUT2D eigenvalue weighted by Gasteiger charge is -2.52. The Balaban J connectivity index is 0.798. The van der Waals surface area contributed by atoms with Crippen molar-refractivity contribution in [2.45, 2.75) is 423 Å². The van der Waals surface area contributed by atoms with Crippen molar-refractivity contribution in [1.82, 2.24) is 31.9 Å². The molecule has 6 amide bonds. The Labute approximate surface area is 845 Å². The van der Waals surface area contributed by atoms with Gasteiger partial charge in [-0.05, 0) is 13.8 Å². The second-order valence-corrected chi connectivity index (χ2v) is 38.1. The maximum absolute atomic E-state index is 13.5. The van der Waals surface area contributed by atoms with Gasteiger partial charge in [-0.2, -0.15) is 0 Å². The summed E-state index contributed by atoms with van der Waals surface area (Å²) in [5, 5.41) is 355. The summed E-state index contributed by atoms with van der Waals surface area (Å²) in [4.78, 5) is 78.1. The molecule has 0 saturated carbocycles. The van der Waals surface area contributed by atoms with E-state index in [0.717, 1.165) is 41.5 Å². The minimum atomic E-state index is -2.60. The Hall–Kier alpha value is -5.30. The molecule has 12 fully saturated rings. The molecule has 0 aromatic rings. The first-order chi connectivity index (χ1) is 70.4. The van der Waals surface area contributed by atoms with E-state index in [1.807, 2.05) is 0 Å². The molecule has 0 unspecified atom stereocenters. The fourth-order valence-electron chi connectivity index (χ4n) is 19.5. The summed E-state index contributed by atoms with van der Waals surface area (Å²) in [5.41, 5.74) is 0. The largest absolute Gasteiger partial charge is 0.394 e. The molecule has 60 atom stereocenters. The lowest BCUT2D eigenvalue weighted by molar-refractivity contribution is -0.402. The van der Waals surface area contributed by atoms with Crippen LogP contribution in [0.2, 0.25) is 0 Å². The van der Waals surface area contributed by atoms with Gasteiger partial charge in [0.25, 0.3) is 0 Å². The molecular weight excluding hydrogens is 2040 g/mol. The van der Waals surface area contributed by atoms with Gasteiger partial charge >= 0.3 is 0 Å². The highest BCUT2D eigenvalue weighted by atomic mass is 16.8. The topological polar surface area (TPSA) is 994 Å². The number of hydrogen-bond donors (Lipinski definition) is 36. The minimum Gasteiger partial charge on any atom is -0.394 e. The van der Waals surface area contributed by atoms with Crippen LogP contribution in [0.25, 0.3) is 0 Å². The van der Waals surface area contributed by atoms with E-state index in [-0.39, 0.29) is 0 Å². The molecule has 0 aromatic heterocycles. The number of nitrogens with one attached hydrogen (secondary N) is 6. The molecular formula is C84H140N6O59. The van der Waals surface area contributed by atoms with Crippen molar-refractivity contribution in [3.05, 3.63) is 0 Å². The Morgan fingerprint density at radius 2 is 0.423 bits per heavy atom. The van der Waals surface area contributed by atoms with Gasteiger partial charge < -0.3 is 294 Å². The smallest absolute Gasteiger partial charge is 0.217 e. The van der Waals surface area contributed by atoms with Crippen molar-refractivity contribution < 1.29 is 291 Å². The lowest BCUT2D eigenvalue weighted by Crippen LogP contribution is -2.71. The molecule has 12 rings (SSSR count). The monoisotopic (exact) mass is 2180 g/mol. The molecule has 0 radical (unpaired) electrons. The Morgan fingerprint density at radius 1 is 0.188 bits per heavy atom. The normalized spacial score (nSPS) is 49.0. The molecule has 65 nitrogen and oxygen atoms in total. The summed E-state index contributed by atoms with van der Waals surface area (Å²) in [6, 6.07) is -11.6. The second kappa shape index (κ2) is 53.4. The van der Waals surface area contributed by atoms with Crippen LogP contribution in [0.4, 0.5) is 0 Å². The average molecular weight is 2180 g/mol. The first-order valence-electron chi connectivity index (χ1n) is 47.9. The van der Waals surface area contributed by atoms with Gasteiger partial charge in [0.05, 0.1) is 78.3 Å². The van der Waals surface area contributed by atoms with Crippen LogP contribution < -0.4 is 31.9 Å². The van der Waals surface area contributed by atoms with Crippen molar-refractivity contribution in [1.29, 1.82) is 0 Å². The van der Waals surface area contributed by atoms with E-state index >= 15 is 0 Å². The van der Waals surface area contributed by atoms with Gasteiger partial charge in [-0.1, -0.05) is 0 Å². The third kappa shape index (κ3) is 27.5. The summed E-state index contributed by atoms with van der Waals surface area (Å²) >= 11 is 0. The zero-order valence-corrected chi connectivity index (χ0v) is 81.0. The highest BCUT2D eigenvalue weighted by molar-refractivity contribution is 5.75. The third-order valence-electron chi connectivity index (χ3n) is 27.4. The maximum Gasteiger partial charge on any atom is 0.217 e. The van der Waals surface area contributed by atoms with E-state index in [1.54, 1.807) is 0 Å². The SMILES string of the molecule is CC(=O)N[C@@H]1[C@@H](O[C@@H]2O[C@H](CO)[C@H](O)[C@H](O[C@@H]3O[C@H](CO)[C@@H](O[C@@H]4O[C@H](CO[C@@H]5O[C@H](CO)[C@@H](O)[C@H](O)[C@H]5NC(C)=O)[C@H](O)[C@H](O[C@@H]5O[C@H](CO)[C@@H](O[C@@H]6O[C@H](CO)[C@H](O)[C@H](O[C@H]7O[C@H](CO)[C@H](O)[C@H](O)[C@H]7NC(C)=O)[C@H]6O[C@@H]6O[C@@H](C)[C@@H](O)[C@@H](O)[C@@H]6O)[C@H](O)[C@H]5NC(C)=O)[C@H]4O)[C@H](O)[C@H]3NC(C)=O)[C@H]2O)[C@@H](O)[C@@H](CO[C@@H]2O[C@H](CO)[C@@H](O[C@@H]3O[C@H](CO)[C@H](O)[C@H](O)[C@H]3O[C@@H]3O[C@@H](C)[C@@H](O)[C@@H](O)[C@@H]3O)[C@H](O)[C@H]2NC(C)=O)O[C@@H]1O. The van der Waals surface area contributed by atoms with Crippen molar-refractivity contribution >= 4 is 35.4 Å². The third-order valence-corrected chi connectivity index (χ3v) is 27.4. The van der Waals surface area contributed by atoms with Crippen LogP contribution in [0, 0.1) is 0 Å². The van der Waals surface area contributed by atoms with Gasteiger partial charge in [-0.3, -0.25) is 28.8 Å². The summed E-state index contributed by atoms with van der Waals surface area (Å²) in [6.07, 6.45) is -112. The van der Waals surface area contributed by atoms with E-state index in [2.05, 4.69) is 31.9 Å². The van der Waals surface area contributed by atoms with E-state index in [1.165, 1.54) is 13.8 Å². The summed E-state index contributed by atoms with van der Waals surface area (Å²) in [7, 11) is 0. The van der Waals surface area contributed by atoms with Gasteiger partial charge in [0, 0.05) is 41.5 Å². The molecule has 12 saturated heterocycles. The highest BCUT2D eigenvalue weighted by Gasteiger charge is 2.64. The predicted molar refractivity (Wildman–Crippen MR) is 462 cm³/mol. The number of aliphatic hydroxyl groups excluding tert-OH is 30. The standard InChI is InChI=1S/C84H140N6O59/c1-19-43(105)57(119)60(122)79(129-19)148-71-59(121)47(109)29(11-93)135-83(71)142-65-32(14-96)137-75(39(54(65)116)87-23(5)101)127-17-35-50(112)67(42(73(126)131-35)90-26(8)104)144-81-62(124)68(48(110)30(12-94)134-81)145-77-40(88-24(6)102)55(117)64(33(15-97)138-77)141-82-63(125)69(51(113)36(140-82)18-128-74-37(85-21(3)99)52(114)45(107)27(9-91)132-74)146-78-41(89-25(7)103)56(118)66(34(16-98)139-78)143-84-72(149-80-61(123)58(120)44(106)20(2)130-80)70(49(111)31(13-95)136-84)147-76-38(86-22(4)100)53(115)46(108)28(10-92)133-76/h19-20,27-84,91-98,105-126H,9-18H2,1-8H3,(H,85,99)(H,86,100)(H,87,101)(H,88,102)(H,89,103)(H,90,104)/t19-,20-,27+,28+,29+,30+,31+,32+,33+,34+,35+,36+,37+,38+,39+,40+,41+,42+,43+,44+,45+,46-,47-,48-,49-,50-,51-,52+,53+,54+,55+,56+,57+,58+,59-,60-,61-,62+,63+,64+,65+,66+,67+,68-,69-,70-,71+,72+,73-,74+,75+,76+,77-,78-,79-,80-,81-,82-,83-,84-/m0/s1. The minimum absolute atomic E-state index is 0.864. The van der Waals surface area contributed by atoms with Crippen LogP contribution in [-0.2, 0) is 138 Å². The fraction of sp³-hybridized carbons (Fsp3) is 0.929. The molecule has 12 aliphatic heterocycles. The van der Waals surface area contributed by atoms with Crippen LogP contribution in [0.15, 0.2) is 0 Å². The summed E-state index contributed by atoms with van der Waals surface area (Å²) in [6.45, 7) is -3.18. The molecule has 0 aliphatic carbocycles. The number of carbonyl (C=O) groups excluding carboxylic acids is 6.